The molecule has 3 aromatic rings. The molecule has 6 heteroatoms. The molecule has 0 spiro atoms. The van der Waals surface area contributed by atoms with Gasteiger partial charge in [-0.25, -0.2) is 0 Å². The van der Waals surface area contributed by atoms with Gasteiger partial charge in [0, 0.05) is 15.8 Å². The minimum Gasteiger partial charge on any atom is -0.265 e. The van der Waals surface area contributed by atoms with E-state index < -0.39 is 6.04 Å². The first-order valence-electron chi connectivity index (χ1n) is 9.28. The van der Waals surface area contributed by atoms with Crippen LogP contribution in [-0.2, 0) is 18.2 Å². The molecule has 3 rings (SSSR count). The maximum Gasteiger partial charge on any atom is 0.211 e. The fourth-order valence-electron chi connectivity index (χ4n) is 3.43. The number of nitro groups is 1. The van der Waals surface area contributed by atoms with Gasteiger partial charge in [-0.05, 0) is 48.7 Å². The molecule has 2 aromatic carbocycles. The molecule has 0 amide bonds. The van der Waals surface area contributed by atoms with Crippen molar-refractivity contribution in [2.75, 3.05) is 6.54 Å². The number of rotatable bonds is 8. The summed E-state index contributed by atoms with van der Waals surface area (Å²) >= 11 is 8.06. The summed E-state index contributed by atoms with van der Waals surface area (Å²) < 4.78 is 0. The molecule has 0 radical (unpaired) electrons. The lowest BCUT2D eigenvalue weighted by molar-refractivity contribution is -0.479. The summed E-state index contributed by atoms with van der Waals surface area (Å²) in [6, 6.07) is 18.3. The van der Waals surface area contributed by atoms with E-state index in [9.17, 15) is 10.1 Å². The summed E-state index contributed by atoms with van der Waals surface area (Å²) in [6.07, 6.45) is 1.55. The average Bonchev–Trinajstić information content (AvgIpc) is 3.19. The molecule has 0 bridgehead atoms. The first kappa shape index (κ1) is 20.9. The van der Waals surface area contributed by atoms with Gasteiger partial charge in [-0.1, -0.05) is 77.5 Å². The highest BCUT2D eigenvalue weighted by atomic mass is 32.4. The van der Waals surface area contributed by atoms with E-state index >= 15 is 0 Å². The molecule has 0 N–H and O–H groups in total. The SMILES string of the molecule is Cc1ccc(P(=S)(c2ccc(C)cc2)[C@H](CCc2cccs2)C[N+](=O)[O-])cc1. The summed E-state index contributed by atoms with van der Waals surface area (Å²) in [5.41, 5.74) is 2.15. The predicted octanol–water partition coefficient (Wildman–Crippen LogP) is 5.07. The number of hydrogen-bond acceptors (Lipinski definition) is 4. The number of benzene rings is 2. The van der Waals surface area contributed by atoms with Gasteiger partial charge in [0.05, 0.1) is 5.66 Å². The third kappa shape index (κ3) is 4.78. The maximum atomic E-state index is 11.6. The fraction of sp³-hybridized carbons (Fsp3) is 0.273. The minimum atomic E-state index is -2.35. The highest BCUT2D eigenvalue weighted by Gasteiger charge is 2.35. The van der Waals surface area contributed by atoms with Gasteiger partial charge in [-0.3, -0.25) is 10.1 Å². The molecule has 1 atom stereocenters. The zero-order chi connectivity index (χ0) is 20.1. The van der Waals surface area contributed by atoms with Crippen molar-refractivity contribution in [2.45, 2.75) is 32.3 Å². The summed E-state index contributed by atoms with van der Waals surface area (Å²) in [5, 5.41) is 15.7. The quantitative estimate of drug-likeness (QED) is 0.285. The van der Waals surface area contributed by atoms with Crippen LogP contribution < -0.4 is 10.6 Å². The van der Waals surface area contributed by atoms with Crippen LogP contribution in [0.5, 0.6) is 0 Å². The van der Waals surface area contributed by atoms with Crippen LogP contribution in [0.1, 0.15) is 22.4 Å². The summed E-state index contributed by atoms with van der Waals surface area (Å²) in [6.45, 7) is 4.00. The summed E-state index contributed by atoms with van der Waals surface area (Å²) in [5.74, 6) is 0. The largest absolute Gasteiger partial charge is 0.265 e. The molecule has 146 valence electrons. The molecule has 28 heavy (non-hydrogen) atoms. The Kier molecular flexibility index (Phi) is 6.82. The van der Waals surface area contributed by atoms with Gasteiger partial charge in [0.15, 0.2) is 0 Å². The normalized spacial score (nSPS) is 12.6. The Bertz CT molecular complexity index is 917. The van der Waals surface area contributed by atoms with Crippen molar-refractivity contribution in [3.05, 3.63) is 92.2 Å². The second kappa shape index (κ2) is 9.13. The number of nitrogens with zero attached hydrogens (tertiary/aromatic N) is 1. The van der Waals surface area contributed by atoms with Crippen molar-refractivity contribution >= 4 is 39.8 Å². The molecule has 0 aliphatic heterocycles. The van der Waals surface area contributed by atoms with E-state index in [1.165, 1.54) is 16.0 Å². The van der Waals surface area contributed by atoms with E-state index in [-0.39, 0.29) is 17.1 Å². The summed E-state index contributed by atoms with van der Waals surface area (Å²) in [4.78, 5) is 12.6. The fourth-order valence-corrected chi connectivity index (χ4v) is 8.58. The van der Waals surface area contributed by atoms with Crippen LogP contribution >= 0.6 is 17.4 Å². The number of hydrogen-bond donors (Lipinski definition) is 0. The van der Waals surface area contributed by atoms with E-state index in [0.29, 0.717) is 0 Å². The van der Waals surface area contributed by atoms with Crippen LogP contribution in [0.25, 0.3) is 0 Å². The van der Waals surface area contributed by atoms with Crippen LogP contribution in [-0.4, -0.2) is 17.1 Å². The van der Waals surface area contributed by atoms with E-state index in [1.807, 2.05) is 25.3 Å². The van der Waals surface area contributed by atoms with Crippen molar-refractivity contribution in [1.82, 2.24) is 0 Å². The van der Waals surface area contributed by atoms with Gasteiger partial charge < -0.3 is 0 Å². The number of aryl methyl sites for hydroxylation is 3. The predicted molar refractivity (Wildman–Crippen MR) is 124 cm³/mol. The minimum absolute atomic E-state index is 0.0929. The molecule has 3 nitrogen and oxygen atoms in total. The lowest BCUT2D eigenvalue weighted by Gasteiger charge is -2.30. The highest BCUT2D eigenvalue weighted by Crippen LogP contribution is 2.51. The Hall–Kier alpha value is -1.81. The van der Waals surface area contributed by atoms with Crippen LogP contribution in [0, 0.1) is 24.0 Å². The maximum absolute atomic E-state index is 11.6. The average molecular weight is 430 g/mol. The van der Waals surface area contributed by atoms with Crippen molar-refractivity contribution in [1.29, 1.82) is 0 Å². The molecule has 1 aromatic heterocycles. The molecule has 0 aliphatic carbocycles. The third-order valence-electron chi connectivity index (χ3n) is 5.01. The second-order valence-electron chi connectivity index (χ2n) is 7.12. The number of thiophene rings is 1. The van der Waals surface area contributed by atoms with Gasteiger partial charge in [0.2, 0.25) is 6.54 Å². The van der Waals surface area contributed by atoms with Gasteiger partial charge >= 0.3 is 0 Å². The van der Waals surface area contributed by atoms with Crippen LogP contribution in [0.2, 0.25) is 0 Å². The lowest BCUT2D eigenvalue weighted by Crippen LogP contribution is -2.31. The van der Waals surface area contributed by atoms with E-state index in [1.54, 1.807) is 11.3 Å². The van der Waals surface area contributed by atoms with Gasteiger partial charge in [-0.2, -0.15) is 0 Å². The van der Waals surface area contributed by atoms with Gasteiger partial charge in [-0.15, -0.1) is 11.3 Å². The Morgan fingerprint density at radius 1 is 1.00 bits per heavy atom. The Labute approximate surface area is 175 Å². The highest BCUT2D eigenvalue weighted by molar-refractivity contribution is 8.22. The molecule has 0 unspecified atom stereocenters. The van der Waals surface area contributed by atoms with E-state index in [2.05, 4.69) is 54.6 Å². The topological polar surface area (TPSA) is 43.1 Å². The van der Waals surface area contributed by atoms with Gasteiger partial charge in [0.25, 0.3) is 0 Å². The lowest BCUT2D eigenvalue weighted by atomic mass is 10.2. The molecule has 0 aliphatic rings. The smallest absolute Gasteiger partial charge is 0.211 e. The second-order valence-corrected chi connectivity index (χ2v) is 13.0. The molecular weight excluding hydrogens is 405 g/mol. The van der Waals surface area contributed by atoms with Gasteiger partial charge in [0.1, 0.15) is 0 Å². The molecule has 0 fully saturated rings. The molecule has 1 heterocycles. The van der Waals surface area contributed by atoms with Crippen LogP contribution in [0.3, 0.4) is 0 Å². The molecule has 0 saturated heterocycles. The van der Waals surface area contributed by atoms with Crippen LogP contribution in [0.4, 0.5) is 0 Å². The van der Waals surface area contributed by atoms with Crippen molar-refractivity contribution in [3.8, 4) is 0 Å². The van der Waals surface area contributed by atoms with Crippen LogP contribution in [0.15, 0.2) is 66.0 Å². The first-order valence-corrected chi connectivity index (χ1v) is 13.0. The van der Waals surface area contributed by atoms with Crippen molar-refractivity contribution in [3.63, 3.8) is 0 Å². The van der Waals surface area contributed by atoms with E-state index in [0.717, 1.165) is 23.5 Å². The summed E-state index contributed by atoms with van der Waals surface area (Å²) in [7, 11) is 0. The Balaban J connectivity index is 2.07. The zero-order valence-corrected chi connectivity index (χ0v) is 18.6. The standard InChI is InChI=1S/C22H24NO2PS2/c1-17-5-9-19(10-6-17)26(27,20-11-7-18(2)8-12-20)21(16-23(24)25)13-14-22-4-3-15-28-22/h3-12,15,21H,13-14,16H2,1-2H3/t21-/m1/s1. The monoisotopic (exact) mass is 429 g/mol. The third-order valence-corrected chi connectivity index (χ3v) is 11.7. The first-order chi connectivity index (χ1) is 13.4. The molecular formula is C22H24NO2PS2. The van der Waals surface area contributed by atoms with E-state index in [4.69, 9.17) is 11.8 Å². The Morgan fingerprint density at radius 2 is 1.54 bits per heavy atom. The Morgan fingerprint density at radius 3 is 1.96 bits per heavy atom. The van der Waals surface area contributed by atoms with Crippen molar-refractivity contribution < 1.29 is 4.92 Å². The zero-order valence-electron chi connectivity index (χ0n) is 16.1. The molecule has 0 saturated carbocycles. The van der Waals surface area contributed by atoms with Crippen molar-refractivity contribution in [2.24, 2.45) is 0 Å².